The Morgan fingerprint density at radius 3 is 2.61 bits per heavy atom. The summed E-state index contributed by atoms with van der Waals surface area (Å²) in [6.07, 6.45) is 9.80. The van der Waals surface area contributed by atoms with Crippen LogP contribution in [-0.2, 0) is 5.41 Å². The molecule has 9 nitrogen and oxygen atoms in total. The molecule has 0 bridgehead atoms. The quantitative estimate of drug-likeness (QED) is 0.636. The highest BCUT2D eigenvalue weighted by Gasteiger charge is 2.42. The number of likely N-dealkylation sites (N-methyl/N-ethyl adjacent to an activating group) is 1. The number of pyridine rings is 1. The molecule has 0 atom stereocenters. The first-order valence-corrected chi connectivity index (χ1v) is 12.0. The van der Waals surface area contributed by atoms with Crippen molar-refractivity contribution in [2.45, 2.75) is 37.5 Å². The third-order valence-electron chi connectivity index (χ3n) is 7.47. The van der Waals surface area contributed by atoms with Gasteiger partial charge >= 0.3 is 0 Å². The van der Waals surface area contributed by atoms with Gasteiger partial charge in [-0.2, -0.15) is 5.10 Å². The van der Waals surface area contributed by atoms with Gasteiger partial charge in [0.15, 0.2) is 0 Å². The van der Waals surface area contributed by atoms with Crippen molar-refractivity contribution in [3.8, 4) is 0 Å². The number of fused-ring (bicyclic) bond motifs is 4. The first-order valence-electron chi connectivity index (χ1n) is 12.0. The van der Waals surface area contributed by atoms with Crippen LogP contribution in [0.1, 0.15) is 37.8 Å². The molecule has 172 valence electrons. The van der Waals surface area contributed by atoms with Crippen LogP contribution in [0.3, 0.4) is 0 Å². The summed E-state index contributed by atoms with van der Waals surface area (Å²) in [5, 5.41) is 11.5. The minimum Gasteiger partial charge on any atom is -0.370 e. The minimum absolute atomic E-state index is 0.0578. The highest BCUT2D eigenvalue weighted by Crippen LogP contribution is 2.44. The van der Waals surface area contributed by atoms with Crippen LogP contribution in [0.25, 0.3) is 16.9 Å². The first-order chi connectivity index (χ1) is 16.1. The number of piperazine rings is 1. The second kappa shape index (κ2) is 7.98. The number of hydrogen-bond acceptors (Lipinski definition) is 8. The van der Waals surface area contributed by atoms with Crippen molar-refractivity contribution in [2.75, 3.05) is 50.0 Å². The SMILES string of the molecule is C=C1NCC2(CCCCC2)c2c3nc(Nc4ccc(N5CCN(C)CC5)cn4)ncc3nn21. The number of rotatable bonds is 3. The van der Waals surface area contributed by atoms with Gasteiger partial charge in [0.1, 0.15) is 22.7 Å². The predicted molar refractivity (Wildman–Crippen MR) is 131 cm³/mol. The van der Waals surface area contributed by atoms with E-state index in [1.54, 1.807) is 6.20 Å². The summed E-state index contributed by atoms with van der Waals surface area (Å²) in [5.74, 6) is 2.11. The lowest BCUT2D eigenvalue weighted by atomic mass is 9.70. The maximum Gasteiger partial charge on any atom is 0.229 e. The second-order valence-electron chi connectivity index (χ2n) is 9.65. The zero-order chi connectivity index (χ0) is 22.4. The number of anilines is 3. The van der Waals surface area contributed by atoms with Crippen molar-refractivity contribution >= 4 is 34.3 Å². The number of nitrogens with one attached hydrogen (secondary N) is 2. The van der Waals surface area contributed by atoms with Crippen LogP contribution in [0.5, 0.6) is 0 Å². The van der Waals surface area contributed by atoms with Crippen LogP contribution in [0.15, 0.2) is 31.1 Å². The number of hydrogen-bond donors (Lipinski definition) is 2. The molecule has 2 aliphatic heterocycles. The van der Waals surface area contributed by atoms with Crippen molar-refractivity contribution in [3.63, 3.8) is 0 Å². The Labute approximate surface area is 193 Å². The third kappa shape index (κ3) is 3.60. The van der Waals surface area contributed by atoms with E-state index < -0.39 is 0 Å². The molecule has 33 heavy (non-hydrogen) atoms. The molecule has 3 aromatic rings. The molecule has 1 saturated carbocycles. The number of nitrogens with zero attached hydrogens (tertiary/aromatic N) is 7. The maximum atomic E-state index is 4.92. The number of aromatic nitrogens is 5. The van der Waals surface area contributed by atoms with E-state index in [1.165, 1.54) is 25.0 Å². The van der Waals surface area contributed by atoms with E-state index in [-0.39, 0.29) is 5.41 Å². The molecule has 0 radical (unpaired) electrons. The van der Waals surface area contributed by atoms with Crippen molar-refractivity contribution in [3.05, 3.63) is 36.8 Å². The first kappa shape index (κ1) is 20.4. The van der Waals surface area contributed by atoms with Gasteiger partial charge in [-0.3, -0.25) is 0 Å². The molecular weight excluding hydrogens is 414 g/mol. The van der Waals surface area contributed by atoms with Crippen LogP contribution in [0.2, 0.25) is 0 Å². The Hall–Kier alpha value is -3.20. The smallest absolute Gasteiger partial charge is 0.229 e. The summed E-state index contributed by atoms with van der Waals surface area (Å²) >= 11 is 0. The van der Waals surface area contributed by atoms with E-state index in [0.29, 0.717) is 5.95 Å². The Kier molecular flexibility index (Phi) is 4.94. The van der Waals surface area contributed by atoms with Crippen LogP contribution in [0, 0.1) is 0 Å². The maximum absolute atomic E-state index is 4.92. The van der Waals surface area contributed by atoms with E-state index >= 15 is 0 Å². The van der Waals surface area contributed by atoms with E-state index in [1.807, 2.05) is 16.9 Å². The molecule has 3 aliphatic rings. The van der Waals surface area contributed by atoms with Crippen LogP contribution in [-0.4, -0.2) is 69.4 Å². The van der Waals surface area contributed by atoms with Crippen LogP contribution >= 0.6 is 0 Å². The molecule has 1 saturated heterocycles. The lowest BCUT2D eigenvalue weighted by Gasteiger charge is -2.41. The van der Waals surface area contributed by atoms with Crippen molar-refractivity contribution in [1.29, 1.82) is 0 Å². The molecule has 3 aromatic heterocycles. The van der Waals surface area contributed by atoms with Gasteiger partial charge in [0.25, 0.3) is 0 Å². The largest absolute Gasteiger partial charge is 0.370 e. The van der Waals surface area contributed by atoms with Gasteiger partial charge < -0.3 is 20.4 Å². The summed E-state index contributed by atoms with van der Waals surface area (Å²) in [4.78, 5) is 18.8. The zero-order valence-corrected chi connectivity index (χ0v) is 19.2. The van der Waals surface area contributed by atoms with E-state index in [4.69, 9.17) is 10.1 Å². The fourth-order valence-corrected chi connectivity index (χ4v) is 5.51. The summed E-state index contributed by atoms with van der Waals surface area (Å²) in [5.41, 5.74) is 4.13. The third-order valence-corrected chi connectivity index (χ3v) is 7.47. The highest BCUT2D eigenvalue weighted by molar-refractivity contribution is 5.81. The summed E-state index contributed by atoms with van der Waals surface area (Å²) in [6, 6.07) is 4.12. The van der Waals surface area contributed by atoms with E-state index in [9.17, 15) is 0 Å². The van der Waals surface area contributed by atoms with Crippen molar-refractivity contribution in [2.24, 2.45) is 0 Å². The van der Waals surface area contributed by atoms with Crippen molar-refractivity contribution in [1.82, 2.24) is 34.9 Å². The molecule has 6 rings (SSSR count). The monoisotopic (exact) mass is 445 g/mol. The Bertz CT molecular complexity index is 1170. The topological polar surface area (TPSA) is 87.0 Å². The van der Waals surface area contributed by atoms with Gasteiger partial charge in [-0.15, -0.1) is 0 Å². The Morgan fingerprint density at radius 2 is 1.85 bits per heavy atom. The van der Waals surface area contributed by atoms with E-state index in [0.717, 1.165) is 73.9 Å². The summed E-state index contributed by atoms with van der Waals surface area (Å²) < 4.78 is 1.96. The van der Waals surface area contributed by atoms with Crippen molar-refractivity contribution < 1.29 is 0 Å². The molecule has 0 amide bonds. The average Bonchev–Trinajstić information content (AvgIpc) is 3.24. The Morgan fingerprint density at radius 1 is 1.03 bits per heavy atom. The fourth-order valence-electron chi connectivity index (χ4n) is 5.51. The zero-order valence-electron chi connectivity index (χ0n) is 19.2. The predicted octanol–water partition coefficient (Wildman–Crippen LogP) is 2.95. The van der Waals surface area contributed by atoms with Gasteiger partial charge in [0, 0.05) is 38.1 Å². The molecular formula is C24H31N9. The second-order valence-corrected chi connectivity index (χ2v) is 9.65. The summed E-state index contributed by atoms with van der Waals surface area (Å²) in [7, 11) is 2.17. The molecule has 2 fully saturated rings. The lowest BCUT2D eigenvalue weighted by molar-refractivity contribution is 0.266. The van der Waals surface area contributed by atoms with Gasteiger partial charge in [-0.25, -0.2) is 19.6 Å². The normalized spacial score (nSPS) is 20.6. The molecule has 0 aromatic carbocycles. The molecule has 1 aliphatic carbocycles. The van der Waals surface area contributed by atoms with Gasteiger partial charge in [-0.1, -0.05) is 25.8 Å². The van der Waals surface area contributed by atoms with Gasteiger partial charge in [0.05, 0.1) is 23.8 Å². The van der Waals surface area contributed by atoms with Gasteiger partial charge in [-0.05, 0) is 32.0 Å². The van der Waals surface area contributed by atoms with Crippen LogP contribution < -0.4 is 15.5 Å². The highest BCUT2D eigenvalue weighted by atomic mass is 15.4. The van der Waals surface area contributed by atoms with E-state index in [2.05, 4.69) is 50.1 Å². The average molecular weight is 446 g/mol. The fraction of sp³-hybridized carbons (Fsp3) is 0.500. The minimum atomic E-state index is 0.0578. The summed E-state index contributed by atoms with van der Waals surface area (Å²) in [6.45, 7) is 9.28. The Balaban J connectivity index is 1.29. The molecule has 2 N–H and O–H groups in total. The molecule has 1 spiro atoms. The molecule has 0 unspecified atom stereocenters. The standard InChI is InChI=1S/C24H31N9/c1-17-27-16-24(8-4-3-5-9-24)22-21-19(30-33(17)22)15-26-23(29-21)28-20-7-6-18(14-25-20)32-12-10-31(2)11-13-32/h6-7,14-15,27H,1,3-5,8-13,16H2,2H3,(H,25,28,29). The lowest BCUT2D eigenvalue weighted by Crippen LogP contribution is -2.46. The molecule has 9 heteroatoms. The molecule has 5 heterocycles. The van der Waals surface area contributed by atoms with Crippen LogP contribution in [0.4, 0.5) is 17.5 Å². The van der Waals surface area contributed by atoms with Gasteiger partial charge in [0.2, 0.25) is 5.95 Å².